The molecule has 1 heterocycles. The van der Waals surface area contributed by atoms with Gasteiger partial charge in [0.05, 0.1) is 29.4 Å². The van der Waals surface area contributed by atoms with Crippen LogP contribution >= 0.6 is 0 Å². The molecule has 1 fully saturated rings. The number of carboxylic acid groups (broad SMARTS) is 1. The Bertz CT molecular complexity index is 954. The number of carbonyl (C=O) groups is 1. The highest BCUT2D eigenvalue weighted by molar-refractivity contribution is 5.64. The molecule has 0 bridgehead atoms. The van der Waals surface area contributed by atoms with E-state index in [1.165, 1.54) is 6.92 Å². The summed E-state index contributed by atoms with van der Waals surface area (Å²) in [6, 6.07) is 10.1. The maximum absolute atomic E-state index is 13.2. The molecule has 0 radical (unpaired) electrons. The molecule has 3 rings (SSSR count). The van der Waals surface area contributed by atoms with Crippen molar-refractivity contribution in [1.29, 1.82) is 0 Å². The van der Waals surface area contributed by atoms with Crippen molar-refractivity contribution in [2.75, 3.05) is 13.2 Å². The quantitative estimate of drug-likeness (QED) is 0.454. The fourth-order valence-corrected chi connectivity index (χ4v) is 4.01. The van der Waals surface area contributed by atoms with E-state index in [4.69, 9.17) is 9.84 Å². The minimum absolute atomic E-state index is 0.0461. The molecule has 1 aliphatic rings. The Morgan fingerprint density at radius 3 is 2.18 bits per heavy atom. The molecule has 0 spiro atoms. The zero-order valence-electron chi connectivity index (χ0n) is 18.1. The highest BCUT2D eigenvalue weighted by Gasteiger charge is 2.39. The van der Waals surface area contributed by atoms with Crippen LogP contribution in [0.25, 0.3) is 0 Å². The number of piperidine rings is 1. The van der Waals surface area contributed by atoms with Crippen LogP contribution in [0.15, 0.2) is 48.5 Å². The SMILES string of the molecule is C[C@@H](OC[C@@]1(c2ccccc2)CCC(NC(=O)O)CN1)c1cc(C(F)(F)F)cc(C(F)(F)F)c1. The summed E-state index contributed by atoms with van der Waals surface area (Å²) >= 11 is 0. The topological polar surface area (TPSA) is 70.6 Å². The van der Waals surface area contributed by atoms with E-state index in [2.05, 4.69) is 10.6 Å². The van der Waals surface area contributed by atoms with Gasteiger partial charge in [0.25, 0.3) is 0 Å². The largest absolute Gasteiger partial charge is 0.465 e. The molecular weight excluding hydrogens is 466 g/mol. The lowest BCUT2D eigenvalue weighted by Crippen LogP contribution is -2.57. The highest BCUT2D eigenvalue weighted by Crippen LogP contribution is 2.39. The van der Waals surface area contributed by atoms with Gasteiger partial charge in [0.1, 0.15) is 0 Å². The predicted octanol–water partition coefficient (Wildman–Crippen LogP) is 5.72. The third-order valence-corrected chi connectivity index (χ3v) is 5.92. The second-order valence-electron chi connectivity index (χ2n) is 8.31. The van der Waals surface area contributed by atoms with Gasteiger partial charge >= 0.3 is 18.4 Å². The van der Waals surface area contributed by atoms with Gasteiger partial charge in [-0.25, -0.2) is 4.79 Å². The Morgan fingerprint density at radius 1 is 1.12 bits per heavy atom. The Labute approximate surface area is 192 Å². The van der Waals surface area contributed by atoms with Crippen molar-refractivity contribution in [3.63, 3.8) is 0 Å². The summed E-state index contributed by atoms with van der Waals surface area (Å²) in [4.78, 5) is 10.9. The van der Waals surface area contributed by atoms with Crippen LogP contribution in [-0.4, -0.2) is 30.4 Å². The number of hydrogen-bond acceptors (Lipinski definition) is 3. The summed E-state index contributed by atoms with van der Waals surface area (Å²) in [5.41, 5.74) is -3.02. The van der Waals surface area contributed by atoms with E-state index in [1.807, 2.05) is 12.1 Å². The van der Waals surface area contributed by atoms with Gasteiger partial charge in [-0.15, -0.1) is 0 Å². The van der Waals surface area contributed by atoms with Crippen molar-refractivity contribution in [3.8, 4) is 0 Å². The van der Waals surface area contributed by atoms with Crippen molar-refractivity contribution in [2.24, 2.45) is 0 Å². The molecule has 1 unspecified atom stereocenters. The van der Waals surface area contributed by atoms with Crippen LogP contribution in [0.1, 0.15) is 48.1 Å². The molecule has 2 aromatic carbocycles. The molecule has 5 nitrogen and oxygen atoms in total. The number of nitrogens with one attached hydrogen (secondary N) is 2. The minimum atomic E-state index is -4.95. The number of rotatable bonds is 6. The molecule has 0 aromatic heterocycles. The average molecular weight is 490 g/mol. The Morgan fingerprint density at radius 2 is 1.71 bits per heavy atom. The molecule has 3 N–H and O–H groups in total. The lowest BCUT2D eigenvalue weighted by Gasteiger charge is -2.42. The molecule has 34 heavy (non-hydrogen) atoms. The first-order chi connectivity index (χ1) is 15.8. The summed E-state index contributed by atoms with van der Waals surface area (Å²) in [5, 5.41) is 14.6. The van der Waals surface area contributed by atoms with Crippen molar-refractivity contribution in [3.05, 3.63) is 70.8 Å². The first-order valence-electron chi connectivity index (χ1n) is 10.5. The monoisotopic (exact) mass is 490 g/mol. The first kappa shape index (κ1) is 25.8. The van der Waals surface area contributed by atoms with Gasteiger partial charge in [-0.2, -0.15) is 26.3 Å². The molecule has 11 heteroatoms. The van der Waals surface area contributed by atoms with Crippen LogP contribution < -0.4 is 10.6 Å². The van der Waals surface area contributed by atoms with Crippen LogP contribution in [0, 0.1) is 0 Å². The van der Waals surface area contributed by atoms with Crippen molar-refractivity contribution in [1.82, 2.24) is 10.6 Å². The smallest absolute Gasteiger partial charge is 0.416 e. The lowest BCUT2D eigenvalue weighted by atomic mass is 9.81. The number of halogens is 6. The van der Waals surface area contributed by atoms with Gasteiger partial charge in [0, 0.05) is 12.6 Å². The summed E-state index contributed by atoms with van der Waals surface area (Å²) in [5.74, 6) is 0. The van der Waals surface area contributed by atoms with E-state index in [0.29, 0.717) is 25.0 Å². The third-order valence-electron chi connectivity index (χ3n) is 5.92. The molecule has 1 aliphatic heterocycles. The third kappa shape index (κ3) is 6.20. The fraction of sp³-hybridized carbons (Fsp3) is 0.435. The molecular formula is C23H24F6N2O3. The second kappa shape index (κ2) is 9.83. The van der Waals surface area contributed by atoms with Gasteiger partial charge < -0.3 is 20.5 Å². The van der Waals surface area contributed by atoms with Crippen LogP contribution in [0.2, 0.25) is 0 Å². The van der Waals surface area contributed by atoms with Gasteiger partial charge in [0.2, 0.25) is 0 Å². The normalized spacial score (nSPS) is 22.3. The van der Waals surface area contributed by atoms with Crippen molar-refractivity contribution >= 4 is 6.09 Å². The number of ether oxygens (including phenoxy) is 1. The van der Waals surface area contributed by atoms with E-state index >= 15 is 0 Å². The fourth-order valence-electron chi connectivity index (χ4n) is 4.01. The van der Waals surface area contributed by atoms with Crippen LogP contribution in [0.4, 0.5) is 31.1 Å². The van der Waals surface area contributed by atoms with Crippen LogP contribution in [0.3, 0.4) is 0 Å². The number of benzene rings is 2. The van der Waals surface area contributed by atoms with Crippen molar-refractivity contribution in [2.45, 2.75) is 49.8 Å². The highest BCUT2D eigenvalue weighted by atomic mass is 19.4. The number of hydrogen-bond donors (Lipinski definition) is 3. The zero-order chi connectivity index (χ0) is 25.1. The van der Waals surface area contributed by atoms with E-state index in [1.54, 1.807) is 18.2 Å². The van der Waals surface area contributed by atoms with Gasteiger partial charge in [0.15, 0.2) is 0 Å². The summed E-state index contributed by atoms with van der Waals surface area (Å²) in [7, 11) is 0. The van der Waals surface area contributed by atoms with Crippen molar-refractivity contribution < 1.29 is 41.0 Å². The molecule has 0 saturated carbocycles. The Hall–Kier alpha value is -2.79. The summed E-state index contributed by atoms with van der Waals surface area (Å²) in [6.45, 7) is 1.63. The summed E-state index contributed by atoms with van der Waals surface area (Å²) in [6.07, 6.45) is -11.2. The van der Waals surface area contributed by atoms with E-state index < -0.39 is 41.2 Å². The second-order valence-corrected chi connectivity index (χ2v) is 8.31. The van der Waals surface area contributed by atoms with Gasteiger partial charge in [-0.05, 0) is 49.1 Å². The standard InChI is InChI=1S/C23H24F6N2O3/c1-14(15-9-17(22(24,25)26)11-18(10-15)23(27,28)29)34-13-21(16-5-3-2-4-6-16)8-7-19(12-30-21)31-20(32)33/h2-6,9-11,14,19,30-31H,7-8,12-13H2,1H3,(H,32,33)/t14-,19?,21-/m1/s1. The van der Waals surface area contributed by atoms with Crippen LogP contribution in [0.5, 0.6) is 0 Å². The van der Waals surface area contributed by atoms with Gasteiger partial charge in [-0.3, -0.25) is 0 Å². The van der Waals surface area contributed by atoms with E-state index in [9.17, 15) is 31.1 Å². The number of alkyl halides is 6. The maximum atomic E-state index is 13.2. The van der Waals surface area contributed by atoms with Gasteiger partial charge in [-0.1, -0.05) is 30.3 Å². The molecule has 0 aliphatic carbocycles. The first-order valence-corrected chi connectivity index (χ1v) is 10.5. The lowest BCUT2D eigenvalue weighted by molar-refractivity contribution is -0.143. The molecule has 1 saturated heterocycles. The number of amides is 1. The zero-order valence-corrected chi connectivity index (χ0v) is 18.1. The van der Waals surface area contributed by atoms with Crippen LogP contribution in [-0.2, 0) is 22.6 Å². The summed E-state index contributed by atoms with van der Waals surface area (Å²) < 4.78 is 85.2. The van der Waals surface area contributed by atoms with E-state index in [0.717, 1.165) is 5.56 Å². The Kier molecular flexibility index (Phi) is 7.47. The molecule has 3 atom stereocenters. The molecule has 1 amide bonds. The minimum Gasteiger partial charge on any atom is -0.465 e. The maximum Gasteiger partial charge on any atom is 0.416 e. The molecule has 2 aromatic rings. The average Bonchev–Trinajstić information content (AvgIpc) is 2.77. The molecule has 186 valence electrons. The predicted molar refractivity (Wildman–Crippen MR) is 111 cm³/mol. The Balaban J connectivity index is 1.84. The van der Waals surface area contributed by atoms with E-state index in [-0.39, 0.29) is 30.8 Å².